The molecule has 0 bridgehead atoms. The Morgan fingerprint density at radius 3 is 2.40 bits per heavy atom. The van der Waals surface area contributed by atoms with E-state index in [1.807, 2.05) is 0 Å². The SMILES string of the molecule is COC1CN(c2ccc([N+](=O)[O-])c(CCl)c2)CC1OC. The molecule has 0 aromatic heterocycles. The maximum Gasteiger partial charge on any atom is 0.273 e. The molecule has 2 atom stereocenters. The van der Waals surface area contributed by atoms with Crippen LogP contribution in [0.15, 0.2) is 18.2 Å². The molecular weight excluding hydrogens is 284 g/mol. The van der Waals surface area contributed by atoms with Gasteiger partial charge in [0.05, 0.1) is 10.8 Å². The fraction of sp³-hybridized carbons (Fsp3) is 0.538. The van der Waals surface area contributed by atoms with Crippen molar-refractivity contribution in [2.24, 2.45) is 0 Å². The molecule has 0 N–H and O–H groups in total. The largest absolute Gasteiger partial charge is 0.377 e. The standard InChI is InChI=1S/C13H17ClN2O4/c1-19-12-7-15(8-13(12)20-2)10-3-4-11(16(17)18)9(5-10)6-14/h3-5,12-13H,6-8H2,1-2H3. The number of benzene rings is 1. The van der Waals surface area contributed by atoms with Crippen molar-refractivity contribution in [2.75, 3.05) is 32.2 Å². The highest BCUT2D eigenvalue weighted by atomic mass is 35.5. The van der Waals surface area contributed by atoms with Crippen LogP contribution in [-0.4, -0.2) is 44.4 Å². The van der Waals surface area contributed by atoms with Crippen LogP contribution in [-0.2, 0) is 15.4 Å². The molecule has 1 aromatic carbocycles. The second kappa shape index (κ2) is 6.39. The first kappa shape index (κ1) is 15.0. The van der Waals surface area contributed by atoms with Gasteiger partial charge in [-0.15, -0.1) is 11.6 Å². The van der Waals surface area contributed by atoms with E-state index < -0.39 is 4.92 Å². The fourth-order valence-corrected chi connectivity index (χ4v) is 2.68. The number of rotatable bonds is 5. The molecule has 0 amide bonds. The number of nitro groups is 1. The summed E-state index contributed by atoms with van der Waals surface area (Å²) in [5.74, 6) is 0.111. The van der Waals surface area contributed by atoms with E-state index in [-0.39, 0.29) is 23.8 Å². The third-order valence-corrected chi connectivity index (χ3v) is 3.88. The van der Waals surface area contributed by atoms with E-state index in [0.717, 1.165) is 5.69 Å². The number of nitrogens with zero attached hydrogens (tertiary/aromatic N) is 2. The van der Waals surface area contributed by atoms with Crippen LogP contribution >= 0.6 is 11.6 Å². The van der Waals surface area contributed by atoms with Crippen LogP contribution in [0.3, 0.4) is 0 Å². The van der Waals surface area contributed by atoms with E-state index in [1.54, 1.807) is 26.4 Å². The summed E-state index contributed by atoms with van der Waals surface area (Å²) in [7, 11) is 3.31. The average Bonchev–Trinajstić information content (AvgIpc) is 2.89. The number of hydrogen-bond acceptors (Lipinski definition) is 5. The van der Waals surface area contributed by atoms with Gasteiger partial charge in [-0.05, 0) is 12.1 Å². The van der Waals surface area contributed by atoms with Gasteiger partial charge in [-0.2, -0.15) is 0 Å². The molecule has 1 saturated heterocycles. The number of anilines is 1. The Labute approximate surface area is 122 Å². The molecule has 20 heavy (non-hydrogen) atoms. The normalized spacial score (nSPS) is 22.2. The smallest absolute Gasteiger partial charge is 0.273 e. The number of hydrogen-bond donors (Lipinski definition) is 0. The first-order valence-corrected chi connectivity index (χ1v) is 6.78. The number of alkyl halides is 1. The van der Waals surface area contributed by atoms with Gasteiger partial charge in [0.1, 0.15) is 12.2 Å². The van der Waals surface area contributed by atoms with E-state index in [9.17, 15) is 10.1 Å². The second-order valence-electron chi connectivity index (χ2n) is 4.66. The summed E-state index contributed by atoms with van der Waals surface area (Å²) in [6, 6.07) is 4.99. The van der Waals surface area contributed by atoms with E-state index in [2.05, 4.69) is 4.90 Å². The van der Waals surface area contributed by atoms with Gasteiger partial charge in [0, 0.05) is 44.6 Å². The molecule has 0 aliphatic carbocycles. The summed E-state index contributed by atoms with van der Waals surface area (Å²) in [4.78, 5) is 12.6. The minimum Gasteiger partial charge on any atom is -0.377 e. The first-order valence-electron chi connectivity index (χ1n) is 6.24. The maximum atomic E-state index is 10.9. The maximum absolute atomic E-state index is 10.9. The Hall–Kier alpha value is -1.37. The lowest BCUT2D eigenvalue weighted by Crippen LogP contribution is -2.27. The third kappa shape index (κ3) is 2.87. The van der Waals surface area contributed by atoms with Gasteiger partial charge in [0.25, 0.3) is 5.69 Å². The van der Waals surface area contributed by atoms with Crippen LogP contribution in [0.1, 0.15) is 5.56 Å². The summed E-state index contributed by atoms with van der Waals surface area (Å²) in [5.41, 5.74) is 1.46. The first-order chi connectivity index (χ1) is 9.60. The molecule has 1 fully saturated rings. The second-order valence-corrected chi connectivity index (χ2v) is 4.92. The van der Waals surface area contributed by atoms with Crippen LogP contribution < -0.4 is 4.90 Å². The van der Waals surface area contributed by atoms with E-state index in [0.29, 0.717) is 18.7 Å². The van der Waals surface area contributed by atoms with Gasteiger partial charge in [-0.25, -0.2) is 0 Å². The monoisotopic (exact) mass is 300 g/mol. The minimum absolute atomic E-state index is 0.00496. The average molecular weight is 301 g/mol. The Balaban J connectivity index is 2.24. The Kier molecular flexibility index (Phi) is 4.80. The zero-order valence-corrected chi connectivity index (χ0v) is 12.2. The van der Waals surface area contributed by atoms with Crippen molar-refractivity contribution < 1.29 is 14.4 Å². The van der Waals surface area contributed by atoms with Gasteiger partial charge in [-0.1, -0.05) is 0 Å². The summed E-state index contributed by atoms with van der Waals surface area (Å²) < 4.78 is 10.8. The highest BCUT2D eigenvalue weighted by molar-refractivity contribution is 6.17. The third-order valence-electron chi connectivity index (χ3n) is 3.59. The van der Waals surface area contributed by atoms with Crippen molar-refractivity contribution in [2.45, 2.75) is 18.1 Å². The van der Waals surface area contributed by atoms with Crippen LogP contribution in [0.5, 0.6) is 0 Å². The van der Waals surface area contributed by atoms with Crippen molar-refractivity contribution >= 4 is 23.0 Å². The van der Waals surface area contributed by atoms with Crippen molar-refractivity contribution in [1.29, 1.82) is 0 Å². The topological polar surface area (TPSA) is 64.8 Å². The summed E-state index contributed by atoms with van der Waals surface area (Å²) in [5, 5.41) is 10.9. The summed E-state index contributed by atoms with van der Waals surface area (Å²) in [6.45, 7) is 1.38. The summed E-state index contributed by atoms with van der Waals surface area (Å²) >= 11 is 5.79. The summed E-state index contributed by atoms with van der Waals surface area (Å²) in [6.07, 6.45) is -0.00992. The van der Waals surface area contributed by atoms with Crippen molar-refractivity contribution in [3.63, 3.8) is 0 Å². The van der Waals surface area contributed by atoms with E-state index in [4.69, 9.17) is 21.1 Å². The highest BCUT2D eigenvalue weighted by Crippen LogP contribution is 2.29. The Morgan fingerprint density at radius 1 is 1.35 bits per heavy atom. The highest BCUT2D eigenvalue weighted by Gasteiger charge is 2.33. The Morgan fingerprint density at radius 2 is 1.95 bits per heavy atom. The lowest BCUT2D eigenvalue weighted by atomic mass is 10.1. The van der Waals surface area contributed by atoms with Gasteiger partial charge in [0.15, 0.2) is 0 Å². The number of nitro benzene ring substituents is 1. The van der Waals surface area contributed by atoms with Gasteiger partial charge in [0.2, 0.25) is 0 Å². The number of ether oxygens (including phenoxy) is 2. The van der Waals surface area contributed by atoms with Crippen molar-refractivity contribution in [1.82, 2.24) is 0 Å². The van der Waals surface area contributed by atoms with Gasteiger partial charge in [-0.3, -0.25) is 10.1 Å². The lowest BCUT2D eigenvalue weighted by molar-refractivity contribution is -0.385. The molecule has 6 nitrogen and oxygen atoms in total. The van der Waals surface area contributed by atoms with E-state index >= 15 is 0 Å². The molecule has 2 unspecified atom stereocenters. The van der Waals surface area contributed by atoms with Crippen LogP contribution in [0.2, 0.25) is 0 Å². The van der Waals surface area contributed by atoms with Gasteiger partial charge < -0.3 is 14.4 Å². The predicted molar refractivity (Wildman–Crippen MR) is 76.5 cm³/mol. The molecular formula is C13H17ClN2O4. The quantitative estimate of drug-likeness (QED) is 0.474. The Bertz CT molecular complexity index is 485. The van der Waals surface area contributed by atoms with E-state index in [1.165, 1.54) is 6.07 Å². The molecule has 7 heteroatoms. The number of halogens is 1. The minimum atomic E-state index is -0.415. The van der Waals surface area contributed by atoms with Crippen LogP contribution in [0.25, 0.3) is 0 Å². The fourth-order valence-electron chi connectivity index (χ4n) is 2.46. The molecule has 0 spiro atoms. The lowest BCUT2D eigenvalue weighted by Gasteiger charge is -2.18. The van der Waals surface area contributed by atoms with Crippen molar-refractivity contribution in [3.05, 3.63) is 33.9 Å². The van der Waals surface area contributed by atoms with Crippen molar-refractivity contribution in [3.8, 4) is 0 Å². The molecule has 1 aliphatic rings. The zero-order chi connectivity index (χ0) is 14.7. The molecule has 1 heterocycles. The predicted octanol–water partition coefficient (Wildman–Crippen LogP) is 2.18. The molecule has 110 valence electrons. The van der Waals surface area contributed by atoms with Gasteiger partial charge >= 0.3 is 0 Å². The zero-order valence-electron chi connectivity index (χ0n) is 11.4. The van der Waals surface area contributed by atoms with Crippen LogP contribution in [0, 0.1) is 10.1 Å². The molecule has 1 aliphatic heterocycles. The molecule has 2 rings (SSSR count). The van der Waals surface area contributed by atoms with Crippen LogP contribution in [0.4, 0.5) is 11.4 Å². The molecule has 0 saturated carbocycles. The molecule has 0 radical (unpaired) electrons. The number of methoxy groups -OCH3 is 2. The molecule has 1 aromatic rings.